The number of ether oxygens (including phenoxy) is 2. The number of nitrogens with one attached hydrogen (secondary N) is 2. The van der Waals surface area contributed by atoms with Crippen LogP contribution in [0.4, 0.5) is 10.3 Å². The maximum absolute atomic E-state index is 13.0. The minimum atomic E-state index is -0.272. The summed E-state index contributed by atoms with van der Waals surface area (Å²) in [6, 6.07) is 19.4. The van der Waals surface area contributed by atoms with Crippen molar-refractivity contribution in [2.24, 2.45) is 5.10 Å². The largest absolute Gasteiger partial charge is 0.493 e. The number of aromatic nitrogens is 2. The van der Waals surface area contributed by atoms with Crippen LogP contribution in [0.15, 0.2) is 71.8 Å². The quantitative estimate of drug-likeness (QED) is 0.353. The molecular formula is C22H19FN4O2. The van der Waals surface area contributed by atoms with Crippen LogP contribution >= 0.6 is 0 Å². The van der Waals surface area contributed by atoms with Gasteiger partial charge in [-0.2, -0.15) is 5.10 Å². The Hall–Kier alpha value is -3.87. The fraction of sp³-hybridized carbons (Fsp3) is 0.0909. The Morgan fingerprint density at radius 3 is 2.69 bits per heavy atom. The second-order valence-corrected chi connectivity index (χ2v) is 6.30. The summed E-state index contributed by atoms with van der Waals surface area (Å²) < 4.78 is 24.2. The van der Waals surface area contributed by atoms with Gasteiger partial charge in [0.1, 0.15) is 12.4 Å². The Morgan fingerprint density at radius 2 is 1.90 bits per heavy atom. The number of imidazole rings is 1. The van der Waals surface area contributed by atoms with Crippen molar-refractivity contribution in [3.05, 3.63) is 83.7 Å². The lowest BCUT2D eigenvalue weighted by molar-refractivity contribution is 0.284. The fourth-order valence-corrected chi connectivity index (χ4v) is 2.80. The van der Waals surface area contributed by atoms with Gasteiger partial charge in [0.05, 0.1) is 24.4 Å². The SMILES string of the molecule is COc1cc(/C=N\Nc2nc3ccccc3[nH]2)ccc1OCc1ccc(F)cc1. The van der Waals surface area contributed by atoms with E-state index in [2.05, 4.69) is 20.5 Å². The van der Waals surface area contributed by atoms with E-state index < -0.39 is 0 Å². The molecule has 146 valence electrons. The molecule has 6 nitrogen and oxygen atoms in total. The highest BCUT2D eigenvalue weighted by molar-refractivity contribution is 5.82. The van der Waals surface area contributed by atoms with Crippen LogP contribution in [0.25, 0.3) is 11.0 Å². The maximum atomic E-state index is 13.0. The Morgan fingerprint density at radius 1 is 1.07 bits per heavy atom. The molecule has 0 fully saturated rings. The van der Waals surface area contributed by atoms with Gasteiger partial charge in [0.15, 0.2) is 11.5 Å². The molecule has 3 aromatic carbocycles. The van der Waals surface area contributed by atoms with Crippen molar-refractivity contribution in [3.8, 4) is 11.5 Å². The summed E-state index contributed by atoms with van der Waals surface area (Å²) in [7, 11) is 1.58. The standard InChI is InChI=1S/C22H19FN4O2/c1-28-21-12-16(8-11-20(21)29-14-15-6-9-17(23)10-7-15)13-24-27-22-25-18-4-2-3-5-19(18)26-22/h2-13H,14H2,1H3,(H2,25,26,27)/b24-13-. The lowest BCUT2D eigenvalue weighted by Crippen LogP contribution is -1.99. The third-order valence-electron chi connectivity index (χ3n) is 4.27. The van der Waals surface area contributed by atoms with E-state index in [0.29, 0.717) is 24.1 Å². The van der Waals surface area contributed by atoms with Crippen molar-refractivity contribution in [2.75, 3.05) is 12.5 Å². The maximum Gasteiger partial charge on any atom is 0.222 e. The molecular weight excluding hydrogens is 371 g/mol. The van der Waals surface area contributed by atoms with Crippen LogP contribution in [0.1, 0.15) is 11.1 Å². The van der Waals surface area contributed by atoms with Crippen molar-refractivity contribution >= 4 is 23.2 Å². The molecule has 4 aromatic rings. The zero-order chi connectivity index (χ0) is 20.1. The van der Waals surface area contributed by atoms with E-state index in [1.807, 2.05) is 42.5 Å². The molecule has 0 aliphatic heterocycles. The van der Waals surface area contributed by atoms with E-state index in [0.717, 1.165) is 22.2 Å². The normalized spacial score (nSPS) is 11.1. The second kappa shape index (κ2) is 8.43. The highest BCUT2D eigenvalue weighted by Crippen LogP contribution is 2.28. The molecule has 0 saturated heterocycles. The van der Waals surface area contributed by atoms with Crippen LogP contribution in [0.3, 0.4) is 0 Å². The van der Waals surface area contributed by atoms with Crippen LogP contribution in [-0.4, -0.2) is 23.3 Å². The molecule has 0 unspecified atom stereocenters. The molecule has 7 heteroatoms. The molecule has 0 radical (unpaired) electrons. The summed E-state index contributed by atoms with van der Waals surface area (Å²) in [5, 5.41) is 4.21. The molecule has 0 saturated carbocycles. The van der Waals surface area contributed by atoms with Crippen LogP contribution in [0, 0.1) is 5.82 Å². The number of hydrogen-bond acceptors (Lipinski definition) is 5. The molecule has 29 heavy (non-hydrogen) atoms. The molecule has 1 aromatic heterocycles. The molecule has 0 spiro atoms. The number of halogens is 1. The number of aromatic amines is 1. The predicted octanol–water partition coefficient (Wildman–Crippen LogP) is 4.74. The van der Waals surface area contributed by atoms with E-state index in [1.165, 1.54) is 12.1 Å². The number of nitrogens with zero attached hydrogens (tertiary/aromatic N) is 2. The van der Waals surface area contributed by atoms with Gasteiger partial charge in [-0.15, -0.1) is 0 Å². The summed E-state index contributed by atoms with van der Waals surface area (Å²) in [5.41, 5.74) is 6.40. The van der Waals surface area contributed by atoms with E-state index in [4.69, 9.17) is 9.47 Å². The first-order valence-corrected chi connectivity index (χ1v) is 9.00. The number of anilines is 1. The van der Waals surface area contributed by atoms with Gasteiger partial charge in [-0.05, 0) is 53.6 Å². The first-order valence-electron chi connectivity index (χ1n) is 9.00. The highest BCUT2D eigenvalue weighted by atomic mass is 19.1. The van der Waals surface area contributed by atoms with Crippen molar-refractivity contribution in [3.63, 3.8) is 0 Å². The van der Waals surface area contributed by atoms with Gasteiger partial charge in [0.2, 0.25) is 5.95 Å². The smallest absolute Gasteiger partial charge is 0.222 e. The van der Waals surface area contributed by atoms with Crippen LogP contribution in [-0.2, 0) is 6.61 Å². The molecule has 0 aliphatic rings. The zero-order valence-corrected chi connectivity index (χ0v) is 15.7. The number of hydrazone groups is 1. The average molecular weight is 390 g/mol. The molecule has 0 aliphatic carbocycles. The Bertz CT molecular complexity index is 1110. The van der Waals surface area contributed by atoms with Gasteiger partial charge in [-0.1, -0.05) is 24.3 Å². The van der Waals surface area contributed by atoms with Gasteiger partial charge in [0, 0.05) is 0 Å². The molecule has 1 heterocycles. The monoisotopic (exact) mass is 390 g/mol. The lowest BCUT2D eigenvalue weighted by atomic mass is 10.2. The number of hydrogen-bond donors (Lipinski definition) is 2. The zero-order valence-electron chi connectivity index (χ0n) is 15.7. The molecule has 4 rings (SSSR count). The Labute approximate surface area is 167 Å². The van der Waals surface area contributed by atoms with Crippen molar-refractivity contribution in [1.82, 2.24) is 9.97 Å². The Kier molecular flexibility index (Phi) is 5.38. The van der Waals surface area contributed by atoms with Gasteiger partial charge < -0.3 is 14.5 Å². The van der Waals surface area contributed by atoms with Crippen LogP contribution in [0.2, 0.25) is 0 Å². The van der Waals surface area contributed by atoms with E-state index in [1.54, 1.807) is 25.5 Å². The fourth-order valence-electron chi connectivity index (χ4n) is 2.80. The van der Waals surface area contributed by atoms with Crippen LogP contribution < -0.4 is 14.9 Å². The van der Waals surface area contributed by atoms with Gasteiger partial charge in [0.25, 0.3) is 0 Å². The first-order chi connectivity index (χ1) is 14.2. The second-order valence-electron chi connectivity index (χ2n) is 6.30. The number of H-pyrrole nitrogens is 1. The highest BCUT2D eigenvalue weighted by Gasteiger charge is 2.06. The lowest BCUT2D eigenvalue weighted by Gasteiger charge is -2.11. The minimum absolute atomic E-state index is 0.272. The van der Waals surface area contributed by atoms with Crippen molar-refractivity contribution in [2.45, 2.75) is 6.61 Å². The average Bonchev–Trinajstić information content (AvgIpc) is 3.16. The summed E-state index contributed by atoms with van der Waals surface area (Å²) in [5.74, 6) is 1.47. The Balaban J connectivity index is 1.41. The third kappa shape index (κ3) is 4.52. The van der Waals surface area contributed by atoms with Gasteiger partial charge >= 0.3 is 0 Å². The predicted molar refractivity (Wildman–Crippen MR) is 111 cm³/mol. The topological polar surface area (TPSA) is 71.5 Å². The summed E-state index contributed by atoms with van der Waals surface area (Å²) in [6.45, 7) is 0.317. The minimum Gasteiger partial charge on any atom is -0.493 e. The number of fused-ring (bicyclic) bond motifs is 1. The molecule has 0 amide bonds. The summed E-state index contributed by atoms with van der Waals surface area (Å²) in [4.78, 5) is 7.55. The van der Waals surface area contributed by atoms with Crippen LogP contribution in [0.5, 0.6) is 11.5 Å². The number of benzene rings is 3. The number of para-hydroxylation sites is 2. The van der Waals surface area contributed by atoms with Gasteiger partial charge in [-0.3, -0.25) is 0 Å². The summed E-state index contributed by atoms with van der Waals surface area (Å²) in [6.07, 6.45) is 1.67. The third-order valence-corrected chi connectivity index (χ3v) is 4.27. The van der Waals surface area contributed by atoms with Gasteiger partial charge in [-0.25, -0.2) is 14.8 Å². The molecule has 2 N–H and O–H groups in total. The first kappa shape index (κ1) is 18.5. The van der Waals surface area contributed by atoms with Crippen molar-refractivity contribution < 1.29 is 13.9 Å². The molecule has 0 atom stereocenters. The van der Waals surface area contributed by atoms with E-state index >= 15 is 0 Å². The van der Waals surface area contributed by atoms with Crippen molar-refractivity contribution in [1.29, 1.82) is 0 Å². The summed E-state index contributed by atoms with van der Waals surface area (Å²) >= 11 is 0. The van der Waals surface area contributed by atoms with E-state index in [9.17, 15) is 4.39 Å². The number of methoxy groups -OCH3 is 1. The van der Waals surface area contributed by atoms with E-state index in [-0.39, 0.29) is 5.82 Å². The molecule has 0 bridgehead atoms. The number of rotatable bonds is 7.